The normalized spacial score (nSPS) is 10.0. The fourth-order valence-corrected chi connectivity index (χ4v) is 1.75. The van der Waals surface area contributed by atoms with Crippen molar-refractivity contribution in [2.24, 2.45) is 0 Å². The average Bonchev–Trinajstić information content (AvgIpc) is 2.52. The topological polar surface area (TPSA) is 81.7 Å². The molecule has 1 aromatic rings. The van der Waals surface area contributed by atoms with E-state index < -0.39 is 23.4 Å². The van der Waals surface area contributed by atoms with E-state index in [4.69, 9.17) is 9.47 Å². The SMILES string of the molecule is CCOC(=O)C(C#Cc1ccccc1)(NC(C)=O)C(=O)OCC. The van der Waals surface area contributed by atoms with Gasteiger partial charge < -0.3 is 14.8 Å². The van der Waals surface area contributed by atoms with Gasteiger partial charge in [0.05, 0.1) is 13.2 Å². The number of rotatable bonds is 5. The number of carbonyl (C=O) groups excluding carboxylic acids is 3. The summed E-state index contributed by atoms with van der Waals surface area (Å²) in [6, 6.07) is 8.75. The fourth-order valence-electron chi connectivity index (χ4n) is 1.75. The smallest absolute Gasteiger partial charge is 0.356 e. The highest BCUT2D eigenvalue weighted by Crippen LogP contribution is 2.11. The summed E-state index contributed by atoms with van der Waals surface area (Å²) in [4.78, 5) is 36.1. The van der Waals surface area contributed by atoms with Crippen molar-refractivity contribution in [3.05, 3.63) is 35.9 Å². The van der Waals surface area contributed by atoms with E-state index in [1.807, 2.05) is 6.07 Å². The van der Waals surface area contributed by atoms with Crippen LogP contribution in [-0.2, 0) is 23.9 Å². The first-order valence-electron chi connectivity index (χ1n) is 7.17. The standard InChI is InChI=1S/C17H19NO5/c1-4-22-15(20)17(18-13(3)19,16(21)23-5-2)12-11-14-9-7-6-8-10-14/h6-10H,4-5H2,1-3H3,(H,18,19). The average molecular weight is 317 g/mol. The van der Waals surface area contributed by atoms with Gasteiger partial charge in [-0.3, -0.25) is 4.79 Å². The molecule has 1 amide bonds. The number of hydrogen-bond acceptors (Lipinski definition) is 5. The van der Waals surface area contributed by atoms with Gasteiger partial charge in [-0.1, -0.05) is 24.1 Å². The summed E-state index contributed by atoms with van der Waals surface area (Å²) in [6.45, 7) is 4.43. The maximum atomic E-state index is 12.3. The van der Waals surface area contributed by atoms with E-state index in [0.29, 0.717) is 5.56 Å². The first kappa shape index (κ1) is 18.2. The van der Waals surface area contributed by atoms with Crippen molar-refractivity contribution >= 4 is 17.8 Å². The molecule has 1 aromatic carbocycles. The molecule has 0 aromatic heterocycles. The number of hydrogen-bond donors (Lipinski definition) is 1. The second kappa shape index (κ2) is 8.59. The highest BCUT2D eigenvalue weighted by Gasteiger charge is 2.49. The van der Waals surface area contributed by atoms with Crippen molar-refractivity contribution in [3.8, 4) is 11.8 Å². The van der Waals surface area contributed by atoms with E-state index >= 15 is 0 Å². The molecule has 0 aliphatic carbocycles. The number of benzene rings is 1. The van der Waals surface area contributed by atoms with Crippen molar-refractivity contribution in [2.75, 3.05) is 13.2 Å². The van der Waals surface area contributed by atoms with Gasteiger partial charge in [0.2, 0.25) is 5.91 Å². The van der Waals surface area contributed by atoms with Crippen LogP contribution in [0, 0.1) is 11.8 Å². The predicted octanol–water partition coefficient (Wildman–Crippen LogP) is 1.04. The quantitative estimate of drug-likeness (QED) is 0.498. The lowest BCUT2D eigenvalue weighted by Crippen LogP contribution is -2.60. The van der Waals surface area contributed by atoms with Gasteiger partial charge in [0.25, 0.3) is 5.54 Å². The molecule has 0 unspecified atom stereocenters. The number of nitrogens with one attached hydrogen (secondary N) is 1. The molecule has 0 radical (unpaired) electrons. The second-order valence-electron chi connectivity index (χ2n) is 4.49. The van der Waals surface area contributed by atoms with E-state index in [0.717, 1.165) is 0 Å². The molecule has 0 heterocycles. The van der Waals surface area contributed by atoms with Gasteiger partial charge in [-0.25, -0.2) is 9.59 Å². The highest BCUT2D eigenvalue weighted by atomic mass is 16.6. The summed E-state index contributed by atoms with van der Waals surface area (Å²) in [5.41, 5.74) is -1.61. The van der Waals surface area contributed by atoms with Gasteiger partial charge in [0.15, 0.2) is 0 Å². The van der Waals surface area contributed by atoms with Gasteiger partial charge in [-0.05, 0) is 31.9 Å². The Balaban J connectivity index is 3.36. The van der Waals surface area contributed by atoms with Crippen molar-refractivity contribution in [1.29, 1.82) is 0 Å². The third-order valence-corrected chi connectivity index (χ3v) is 2.69. The van der Waals surface area contributed by atoms with Crippen LogP contribution in [0.1, 0.15) is 26.3 Å². The Kier molecular flexibility index (Phi) is 6.81. The lowest BCUT2D eigenvalue weighted by Gasteiger charge is -2.24. The minimum absolute atomic E-state index is 0.0343. The lowest BCUT2D eigenvalue weighted by molar-refractivity contribution is -0.164. The first-order chi connectivity index (χ1) is 11.0. The van der Waals surface area contributed by atoms with E-state index in [-0.39, 0.29) is 13.2 Å². The minimum atomic E-state index is -2.19. The predicted molar refractivity (Wildman–Crippen MR) is 83.1 cm³/mol. The molecule has 0 atom stereocenters. The molecule has 1 rings (SSSR count). The second-order valence-corrected chi connectivity index (χ2v) is 4.49. The molecule has 6 heteroatoms. The van der Waals surface area contributed by atoms with Gasteiger partial charge in [0.1, 0.15) is 0 Å². The zero-order valence-electron chi connectivity index (χ0n) is 13.3. The Morgan fingerprint density at radius 1 is 1.04 bits per heavy atom. The fraction of sp³-hybridized carbons (Fsp3) is 0.353. The van der Waals surface area contributed by atoms with Crippen LogP contribution < -0.4 is 5.32 Å². The van der Waals surface area contributed by atoms with Crippen LogP contribution >= 0.6 is 0 Å². The van der Waals surface area contributed by atoms with Gasteiger partial charge in [0, 0.05) is 12.5 Å². The number of carbonyl (C=O) groups is 3. The van der Waals surface area contributed by atoms with E-state index in [9.17, 15) is 14.4 Å². The molecule has 0 aliphatic rings. The molecule has 0 bridgehead atoms. The van der Waals surface area contributed by atoms with Crippen LogP contribution in [0.5, 0.6) is 0 Å². The van der Waals surface area contributed by atoms with Crippen LogP contribution in [0.15, 0.2) is 30.3 Å². The molecular weight excluding hydrogens is 298 g/mol. The molecule has 0 spiro atoms. The third kappa shape index (κ3) is 4.85. The lowest BCUT2D eigenvalue weighted by atomic mass is 9.99. The molecule has 23 heavy (non-hydrogen) atoms. The van der Waals surface area contributed by atoms with Crippen LogP contribution in [0.2, 0.25) is 0 Å². The van der Waals surface area contributed by atoms with Crippen molar-refractivity contribution < 1.29 is 23.9 Å². The molecule has 0 saturated heterocycles. The van der Waals surface area contributed by atoms with E-state index in [2.05, 4.69) is 17.2 Å². The Morgan fingerprint density at radius 3 is 2.00 bits per heavy atom. The molecule has 1 N–H and O–H groups in total. The molecule has 122 valence electrons. The molecule has 0 saturated carbocycles. The van der Waals surface area contributed by atoms with Crippen LogP contribution in [0.25, 0.3) is 0 Å². The number of amides is 1. The Labute approximate surface area is 135 Å². The van der Waals surface area contributed by atoms with E-state index in [1.54, 1.807) is 38.1 Å². The molecule has 6 nitrogen and oxygen atoms in total. The molecule has 0 aliphatic heterocycles. The van der Waals surface area contributed by atoms with E-state index in [1.165, 1.54) is 6.92 Å². The highest BCUT2D eigenvalue weighted by molar-refractivity contribution is 6.11. The maximum Gasteiger partial charge on any atom is 0.356 e. The summed E-state index contributed by atoms with van der Waals surface area (Å²) in [6.07, 6.45) is 0. The van der Waals surface area contributed by atoms with Crippen molar-refractivity contribution in [2.45, 2.75) is 26.3 Å². The Bertz CT molecular complexity index is 609. The van der Waals surface area contributed by atoms with Crippen molar-refractivity contribution in [1.82, 2.24) is 5.32 Å². The largest absolute Gasteiger partial charge is 0.463 e. The molecular formula is C17H19NO5. The van der Waals surface area contributed by atoms with Gasteiger partial charge >= 0.3 is 11.9 Å². The number of esters is 2. The summed E-state index contributed by atoms with van der Waals surface area (Å²) < 4.78 is 9.81. The summed E-state index contributed by atoms with van der Waals surface area (Å²) >= 11 is 0. The number of ether oxygens (including phenoxy) is 2. The third-order valence-electron chi connectivity index (χ3n) is 2.69. The minimum Gasteiger partial charge on any atom is -0.463 e. The molecule has 0 fully saturated rings. The van der Waals surface area contributed by atoms with Crippen LogP contribution in [-0.4, -0.2) is 36.6 Å². The summed E-state index contributed by atoms with van der Waals surface area (Å²) in [5, 5.41) is 2.27. The summed E-state index contributed by atoms with van der Waals surface area (Å²) in [7, 11) is 0. The monoisotopic (exact) mass is 317 g/mol. The first-order valence-corrected chi connectivity index (χ1v) is 7.17. The van der Waals surface area contributed by atoms with Gasteiger partial charge in [-0.2, -0.15) is 0 Å². The zero-order valence-corrected chi connectivity index (χ0v) is 13.3. The summed E-state index contributed by atoms with van der Waals surface area (Å²) in [5.74, 6) is 2.67. The van der Waals surface area contributed by atoms with Gasteiger partial charge in [-0.15, -0.1) is 0 Å². The van der Waals surface area contributed by atoms with Crippen LogP contribution in [0.4, 0.5) is 0 Å². The maximum absolute atomic E-state index is 12.3. The van der Waals surface area contributed by atoms with Crippen LogP contribution in [0.3, 0.4) is 0 Å². The Morgan fingerprint density at radius 2 is 1.57 bits per heavy atom. The van der Waals surface area contributed by atoms with Crippen molar-refractivity contribution in [3.63, 3.8) is 0 Å². The zero-order chi connectivity index (χ0) is 17.3. The Hall–Kier alpha value is -2.81.